The summed E-state index contributed by atoms with van der Waals surface area (Å²) in [5.74, 6) is -0.118. The highest BCUT2D eigenvalue weighted by Gasteiger charge is 2.13. The summed E-state index contributed by atoms with van der Waals surface area (Å²) >= 11 is 1.50. The van der Waals surface area contributed by atoms with Gasteiger partial charge in [0.1, 0.15) is 0 Å². The third kappa shape index (κ3) is 5.92. The smallest absolute Gasteiger partial charge is 0.338 e. The molecule has 0 heterocycles. The van der Waals surface area contributed by atoms with Gasteiger partial charge in [-0.25, -0.2) is 4.79 Å². The van der Waals surface area contributed by atoms with E-state index in [-0.39, 0.29) is 17.3 Å². The van der Waals surface area contributed by atoms with Gasteiger partial charge in [-0.05, 0) is 54.3 Å². The van der Waals surface area contributed by atoms with Crippen molar-refractivity contribution < 1.29 is 14.3 Å². The Kier molecular flexibility index (Phi) is 6.86. The maximum absolute atomic E-state index is 12.1. The second-order valence-corrected chi connectivity index (χ2v) is 7.96. The summed E-state index contributed by atoms with van der Waals surface area (Å²) in [6.45, 7) is 8.63. The van der Waals surface area contributed by atoms with Crippen LogP contribution in [0.4, 0.5) is 5.69 Å². The lowest BCUT2D eigenvalue weighted by Crippen LogP contribution is -2.14. The molecule has 0 saturated carbocycles. The van der Waals surface area contributed by atoms with Crippen LogP contribution in [0.1, 0.15) is 43.6 Å². The van der Waals surface area contributed by atoms with Gasteiger partial charge >= 0.3 is 5.97 Å². The lowest BCUT2D eigenvalue weighted by Gasteiger charge is -2.19. The minimum atomic E-state index is -0.361. The van der Waals surface area contributed by atoms with Gasteiger partial charge in [-0.1, -0.05) is 32.9 Å². The molecule has 2 rings (SSSR count). The summed E-state index contributed by atoms with van der Waals surface area (Å²) in [5.41, 5.74) is 2.52. The fourth-order valence-corrected chi connectivity index (χ4v) is 3.00. The number of anilines is 1. The van der Waals surface area contributed by atoms with Crippen molar-refractivity contribution in [1.29, 1.82) is 0 Å². The topological polar surface area (TPSA) is 55.4 Å². The molecule has 0 radical (unpaired) electrons. The molecule has 4 nitrogen and oxygen atoms in total. The average Bonchev–Trinajstić information content (AvgIpc) is 2.60. The number of rotatable bonds is 6. The van der Waals surface area contributed by atoms with Crippen LogP contribution in [0.5, 0.6) is 0 Å². The van der Waals surface area contributed by atoms with E-state index in [9.17, 15) is 9.59 Å². The summed E-state index contributed by atoms with van der Waals surface area (Å²) in [7, 11) is 0. The SMILES string of the molecule is CCOC(=O)c1ccc(NC(=O)CSc2ccc(C(C)(C)C)cc2)cc1. The molecule has 2 aromatic carbocycles. The van der Waals surface area contributed by atoms with E-state index >= 15 is 0 Å². The molecule has 0 aliphatic heterocycles. The minimum Gasteiger partial charge on any atom is -0.462 e. The number of carbonyl (C=O) groups excluding carboxylic acids is 2. The first-order valence-electron chi connectivity index (χ1n) is 8.60. The van der Waals surface area contributed by atoms with Crippen LogP contribution >= 0.6 is 11.8 Å². The van der Waals surface area contributed by atoms with E-state index in [1.54, 1.807) is 31.2 Å². The van der Waals surface area contributed by atoms with Gasteiger partial charge < -0.3 is 10.1 Å². The Morgan fingerprint density at radius 1 is 1.00 bits per heavy atom. The van der Waals surface area contributed by atoms with Crippen LogP contribution in [0, 0.1) is 0 Å². The van der Waals surface area contributed by atoms with E-state index in [0.717, 1.165) is 4.90 Å². The first-order chi connectivity index (χ1) is 12.3. The van der Waals surface area contributed by atoms with E-state index in [1.165, 1.54) is 17.3 Å². The molecule has 26 heavy (non-hydrogen) atoms. The molecule has 0 aliphatic rings. The molecule has 138 valence electrons. The standard InChI is InChI=1S/C21H25NO3S/c1-5-25-20(24)15-6-10-17(11-7-15)22-19(23)14-26-18-12-8-16(9-13-18)21(2,3)4/h6-13H,5,14H2,1-4H3,(H,22,23). The summed E-state index contributed by atoms with van der Waals surface area (Å²) in [6, 6.07) is 15.0. The Hall–Kier alpha value is -2.27. The number of nitrogens with one attached hydrogen (secondary N) is 1. The van der Waals surface area contributed by atoms with Crippen LogP contribution in [0.2, 0.25) is 0 Å². The summed E-state index contributed by atoms with van der Waals surface area (Å²) in [5, 5.41) is 2.83. The van der Waals surface area contributed by atoms with Crippen molar-refractivity contribution in [3.8, 4) is 0 Å². The highest BCUT2D eigenvalue weighted by atomic mass is 32.2. The summed E-state index contributed by atoms with van der Waals surface area (Å²) in [4.78, 5) is 24.8. The molecule has 0 atom stereocenters. The van der Waals surface area contributed by atoms with Gasteiger partial charge in [0.2, 0.25) is 5.91 Å². The van der Waals surface area contributed by atoms with Gasteiger partial charge in [0, 0.05) is 10.6 Å². The van der Waals surface area contributed by atoms with Gasteiger partial charge in [-0.15, -0.1) is 11.8 Å². The number of hydrogen-bond donors (Lipinski definition) is 1. The van der Waals surface area contributed by atoms with Gasteiger partial charge in [-0.3, -0.25) is 4.79 Å². The van der Waals surface area contributed by atoms with Gasteiger partial charge in [0.25, 0.3) is 0 Å². The van der Waals surface area contributed by atoms with E-state index in [4.69, 9.17) is 4.74 Å². The zero-order valence-corrected chi connectivity index (χ0v) is 16.5. The van der Waals surface area contributed by atoms with Crippen LogP contribution in [0.3, 0.4) is 0 Å². The van der Waals surface area contributed by atoms with Crippen molar-refractivity contribution in [2.75, 3.05) is 17.7 Å². The molecule has 0 aliphatic carbocycles. The Morgan fingerprint density at radius 2 is 1.62 bits per heavy atom. The molecule has 5 heteroatoms. The second-order valence-electron chi connectivity index (χ2n) is 6.91. The third-order valence-electron chi connectivity index (χ3n) is 3.77. The number of ether oxygens (including phenoxy) is 1. The molecule has 0 aromatic heterocycles. The summed E-state index contributed by atoms with van der Waals surface area (Å²) in [6.07, 6.45) is 0. The molecule has 0 spiro atoms. The number of esters is 1. The Labute approximate surface area is 159 Å². The third-order valence-corrected chi connectivity index (χ3v) is 4.78. The van der Waals surface area contributed by atoms with Gasteiger partial charge in [0.05, 0.1) is 17.9 Å². The van der Waals surface area contributed by atoms with Crippen LogP contribution in [-0.2, 0) is 14.9 Å². The molecule has 0 unspecified atom stereocenters. The Morgan fingerprint density at radius 3 is 2.15 bits per heavy atom. The predicted octanol–water partition coefficient (Wildman–Crippen LogP) is 4.89. The lowest BCUT2D eigenvalue weighted by atomic mass is 9.87. The molecular formula is C21H25NO3S. The van der Waals surface area contributed by atoms with E-state index in [2.05, 4.69) is 38.2 Å². The Bertz CT molecular complexity index is 746. The highest BCUT2D eigenvalue weighted by Crippen LogP contribution is 2.25. The van der Waals surface area contributed by atoms with Gasteiger partial charge in [0.15, 0.2) is 0 Å². The van der Waals surface area contributed by atoms with Crippen LogP contribution in [0.15, 0.2) is 53.4 Å². The molecule has 0 fully saturated rings. The second kappa shape index (κ2) is 8.90. The number of carbonyl (C=O) groups is 2. The molecule has 2 aromatic rings. The van der Waals surface area contributed by atoms with E-state index in [1.807, 2.05) is 12.1 Å². The zero-order chi connectivity index (χ0) is 19.2. The van der Waals surface area contributed by atoms with E-state index < -0.39 is 0 Å². The fraction of sp³-hybridized carbons (Fsp3) is 0.333. The van der Waals surface area contributed by atoms with Crippen molar-refractivity contribution >= 4 is 29.3 Å². The number of amides is 1. The van der Waals surface area contributed by atoms with Crippen molar-refractivity contribution in [3.63, 3.8) is 0 Å². The van der Waals surface area contributed by atoms with Crippen LogP contribution in [0.25, 0.3) is 0 Å². The van der Waals surface area contributed by atoms with Crippen LogP contribution < -0.4 is 5.32 Å². The zero-order valence-electron chi connectivity index (χ0n) is 15.7. The highest BCUT2D eigenvalue weighted by molar-refractivity contribution is 8.00. The van der Waals surface area contributed by atoms with Crippen molar-refractivity contribution in [1.82, 2.24) is 0 Å². The summed E-state index contributed by atoms with van der Waals surface area (Å²) < 4.78 is 4.94. The van der Waals surface area contributed by atoms with Gasteiger partial charge in [-0.2, -0.15) is 0 Å². The van der Waals surface area contributed by atoms with Crippen molar-refractivity contribution in [2.24, 2.45) is 0 Å². The van der Waals surface area contributed by atoms with Crippen molar-refractivity contribution in [3.05, 3.63) is 59.7 Å². The van der Waals surface area contributed by atoms with Crippen LogP contribution in [-0.4, -0.2) is 24.2 Å². The molecular weight excluding hydrogens is 346 g/mol. The molecule has 0 bridgehead atoms. The Balaban J connectivity index is 1.86. The maximum atomic E-state index is 12.1. The average molecular weight is 372 g/mol. The molecule has 1 amide bonds. The maximum Gasteiger partial charge on any atom is 0.338 e. The quantitative estimate of drug-likeness (QED) is 0.580. The first-order valence-corrected chi connectivity index (χ1v) is 9.58. The largest absolute Gasteiger partial charge is 0.462 e. The first kappa shape index (κ1) is 20.0. The van der Waals surface area contributed by atoms with E-state index in [0.29, 0.717) is 23.6 Å². The normalized spacial score (nSPS) is 11.1. The number of benzene rings is 2. The molecule has 1 N–H and O–H groups in total. The van der Waals surface area contributed by atoms with Crippen molar-refractivity contribution in [2.45, 2.75) is 38.0 Å². The monoisotopic (exact) mass is 371 g/mol. The predicted molar refractivity (Wildman–Crippen MR) is 107 cm³/mol. The molecule has 0 saturated heterocycles. The fourth-order valence-electron chi connectivity index (χ4n) is 2.30. The minimum absolute atomic E-state index is 0.0845. The number of hydrogen-bond acceptors (Lipinski definition) is 4. The lowest BCUT2D eigenvalue weighted by molar-refractivity contribution is -0.113. The number of thioether (sulfide) groups is 1.